The Morgan fingerprint density at radius 2 is 2.05 bits per heavy atom. The van der Waals surface area contributed by atoms with E-state index in [1.807, 2.05) is 41.0 Å². The quantitative estimate of drug-likeness (QED) is 0.682. The van der Waals surface area contributed by atoms with Gasteiger partial charge in [-0.1, -0.05) is 23.7 Å². The first kappa shape index (κ1) is 12.7. The molecule has 0 saturated carbocycles. The van der Waals surface area contributed by atoms with Crippen LogP contribution in [0.3, 0.4) is 0 Å². The van der Waals surface area contributed by atoms with Crippen molar-refractivity contribution in [3.63, 3.8) is 0 Å². The average Bonchev–Trinajstić information content (AvgIpc) is 2.65. The van der Waals surface area contributed by atoms with E-state index in [0.717, 1.165) is 25.2 Å². The van der Waals surface area contributed by atoms with Gasteiger partial charge in [-0.2, -0.15) is 0 Å². The van der Waals surface area contributed by atoms with E-state index in [2.05, 4.69) is 33.6 Å². The number of nitrogens with two attached hydrogens (primary N) is 1. The third-order valence-corrected chi connectivity index (χ3v) is 3.88. The number of fused-ring (bicyclic) bond motifs is 1. The Hall–Kier alpha value is -1.27. The molecular weight excluding hydrogens is 373 g/mol. The molecule has 2 aromatic carbocycles. The van der Waals surface area contributed by atoms with Gasteiger partial charge in [0.2, 0.25) is 5.95 Å². The van der Waals surface area contributed by atoms with Crippen molar-refractivity contribution in [1.82, 2.24) is 9.55 Å². The van der Waals surface area contributed by atoms with E-state index in [9.17, 15) is 0 Å². The summed E-state index contributed by atoms with van der Waals surface area (Å²) in [6.45, 7) is 0.670. The molecule has 0 aliphatic carbocycles. The van der Waals surface area contributed by atoms with Crippen LogP contribution in [-0.2, 0) is 6.54 Å². The SMILES string of the molecule is Nc1nc2cc(I)ccc2n1Cc1cccc(Cl)c1. The number of imidazole rings is 1. The van der Waals surface area contributed by atoms with Gasteiger partial charge < -0.3 is 10.3 Å². The van der Waals surface area contributed by atoms with Crippen molar-refractivity contribution < 1.29 is 0 Å². The van der Waals surface area contributed by atoms with Gasteiger partial charge in [0.1, 0.15) is 0 Å². The van der Waals surface area contributed by atoms with Gasteiger partial charge in [0, 0.05) is 8.59 Å². The molecule has 0 aliphatic rings. The second-order valence-corrected chi connectivity index (χ2v) is 6.00. The molecule has 1 heterocycles. The number of hydrogen-bond donors (Lipinski definition) is 1. The number of nitrogens with zero attached hydrogens (tertiary/aromatic N) is 2. The van der Waals surface area contributed by atoms with Crippen molar-refractivity contribution in [2.45, 2.75) is 6.54 Å². The maximum absolute atomic E-state index is 6.01. The number of rotatable bonds is 2. The minimum absolute atomic E-state index is 0.525. The highest BCUT2D eigenvalue weighted by Crippen LogP contribution is 2.22. The lowest BCUT2D eigenvalue weighted by atomic mass is 10.2. The predicted octanol–water partition coefficient (Wildman–Crippen LogP) is 3.92. The molecule has 3 nitrogen and oxygen atoms in total. The van der Waals surface area contributed by atoms with Gasteiger partial charge in [-0.25, -0.2) is 4.98 Å². The van der Waals surface area contributed by atoms with Gasteiger partial charge in [-0.05, 0) is 58.5 Å². The maximum atomic E-state index is 6.01. The molecule has 96 valence electrons. The number of halogens is 2. The second-order valence-electron chi connectivity index (χ2n) is 4.32. The van der Waals surface area contributed by atoms with Crippen molar-refractivity contribution in [1.29, 1.82) is 0 Å². The molecule has 3 rings (SSSR count). The first-order valence-electron chi connectivity index (χ1n) is 5.79. The zero-order valence-electron chi connectivity index (χ0n) is 9.98. The van der Waals surface area contributed by atoms with Crippen molar-refractivity contribution in [3.8, 4) is 0 Å². The normalized spacial score (nSPS) is 11.1. The standard InChI is InChI=1S/C14H11ClIN3/c15-10-3-1-2-9(6-10)8-19-13-5-4-11(16)7-12(13)18-14(19)17/h1-7H,8H2,(H2,17,18). The van der Waals surface area contributed by atoms with Crippen LogP contribution in [0.25, 0.3) is 11.0 Å². The first-order chi connectivity index (χ1) is 9.13. The maximum Gasteiger partial charge on any atom is 0.201 e. The highest BCUT2D eigenvalue weighted by atomic mass is 127. The monoisotopic (exact) mass is 383 g/mol. The molecule has 0 amide bonds. The minimum atomic E-state index is 0.525. The molecule has 0 fully saturated rings. The zero-order chi connectivity index (χ0) is 13.4. The van der Waals surface area contributed by atoms with Crippen molar-refractivity contribution in [3.05, 3.63) is 56.6 Å². The van der Waals surface area contributed by atoms with Crippen LogP contribution in [0.1, 0.15) is 5.56 Å². The van der Waals surface area contributed by atoms with E-state index >= 15 is 0 Å². The van der Waals surface area contributed by atoms with Gasteiger partial charge >= 0.3 is 0 Å². The molecule has 19 heavy (non-hydrogen) atoms. The topological polar surface area (TPSA) is 43.8 Å². The van der Waals surface area contributed by atoms with Gasteiger partial charge in [0.05, 0.1) is 17.6 Å². The number of hydrogen-bond acceptors (Lipinski definition) is 2. The summed E-state index contributed by atoms with van der Waals surface area (Å²) in [5.41, 5.74) is 9.08. The number of nitrogen functional groups attached to an aromatic ring is 1. The average molecular weight is 384 g/mol. The van der Waals surface area contributed by atoms with E-state index in [4.69, 9.17) is 17.3 Å². The highest BCUT2D eigenvalue weighted by Gasteiger charge is 2.09. The Bertz CT molecular complexity index is 752. The summed E-state index contributed by atoms with van der Waals surface area (Å²) in [5, 5.41) is 0.732. The fourth-order valence-corrected chi connectivity index (χ4v) is 2.79. The summed E-state index contributed by atoms with van der Waals surface area (Å²) in [6.07, 6.45) is 0. The van der Waals surface area contributed by atoms with E-state index in [1.54, 1.807) is 0 Å². The largest absolute Gasteiger partial charge is 0.369 e. The molecule has 0 unspecified atom stereocenters. The molecule has 0 spiro atoms. The van der Waals surface area contributed by atoms with Crippen LogP contribution in [0.5, 0.6) is 0 Å². The summed E-state index contributed by atoms with van der Waals surface area (Å²) in [6, 6.07) is 13.9. The molecule has 2 N–H and O–H groups in total. The molecule has 0 atom stereocenters. The number of aromatic nitrogens is 2. The van der Waals surface area contributed by atoms with E-state index in [-0.39, 0.29) is 0 Å². The number of benzene rings is 2. The van der Waals surface area contributed by atoms with Crippen molar-refractivity contribution >= 4 is 51.2 Å². The second kappa shape index (κ2) is 5.02. The van der Waals surface area contributed by atoms with Crippen LogP contribution in [0, 0.1) is 3.57 Å². The summed E-state index contributed by atoms with van der Waals surface area (Å²) >= 11 is 8.28. The van der Waals surface area contributed by atoms with Crippen molar-refractivity contribution in [2.75, 3.05) is 5.73 Å². The lowest BCUT2D eigenvalue weighted by Crippen LogP contribution is -2.04. The molecule has 0 saturated heterocycles. The molecule has 5 heteroatoms. The fourth-order valence-electron chi connectivity index (χ4n) is 2.11. The van der Waals surface area contributed by atoms with Gasteiger partial charge in [0.15, 0.2) is 0 Å². The van der Waals surface area contributed by atoms with Gasteiger partial charge in [-0.15, -0.1) is 0 Å². The Kier molecular flexibility index (Phi) is 3.36. The minimum Gasteiger partial charge on any atom is -0.369 e. The first-order valence-corrected chi connectivity index (χ1v) is 7.25. The predicted molar refractivity (Wildman–Crippen MR) is 87.4 cm³/mol. The Morgan fingerprint density at radius 3 is 2.84 bits per heavy atom. The van der Waals surface area contributed by atoms with Crippen molar-refractivity contribution in [2.24, 2.45) is 0 Å². The summed E-state index contributed by atoms with van der Waals surface area (Å²) in [4.78, 5) is 4.40. The molecular formula is C14H11ClIN3. The molecule has 0 bridgehead atoms. The number of anilines is 1. The van der Waals surface area contributed by atoms with Crippen LogP contribution in [0.4, 0.5) is 5.95 Å². The van der Waals surface area contributed by atoms with Crippen LogP contribution >= 0.6 is 34.2 Å². The summed E-state index contributed by atoms with van der Waals surface area (Å²) in [5.74, 6) is 0.525. The van der Waals surface area contributed by atoms with E-state index in [0.29, 0.717) is 12.5 Å². The lowest BCUT2D eigenvalue weighted by Gasteiger charge is -2.07. The Labute approximate surface area is 129 Å². The summed E-state index contributed by atoms with van der Waals surface area (Å²) in [7, 11) is 0. The van der Waals surface area contributed by atoms with Crippen LogP contribution < -0.4 is 5.73 Å². The fraction of sp³-hybridized carbons (Fsp3) is 0.0714. The Morgan fingerprint density at radius 1 is 1.21 bits per heavy atom. The molecule has 1 aromatic heterocycles. The Balaban J connectivity index is 2.07. The van der Waals surface area contributed by atoms with Gasteiger partial charge in [0.25, 0.3) is 0 Å². The molecule has 3 aromatic rings. The van der Waals surface area contributed by atoms with Crippen LogP contribution in [-0.4, -0.2) is 9.55 Å². The smallest absolute Gasteiger partial charge is 0.201 e. The van der Waals surface area contributed by atoms with E-state index < -0.39 is 0 Å². The third kappa shape index (κ3) is 2.55. The zero-order valence-corrected chi connectivity index (χ0v) is 12.9. The highest BCUT2D eigenvalue weighted by molar-refractivity contribution is 14.1. The van der Waals surface area contributed by atoms with Crippen LogP contribution in [0.2, 0.25) is 5.02 Å². The third-order valence-electron chi connectivity index (χ3n) is 2.97. The van der Waals surface area contributed by atoms with Crippen LogP contribution in [0.15, 0.2) is 42.5 Å². The molecule has 0 radical (unpaired) electrons. The summed E-state index contributed by atoms with van der Waals surface area (Å²) < 4.78 is 3.15. The lowest BCUT2D eigenvalue weighted by molar-refractivity contribution is 0.838. The molecule has 0 aliphatic heterocycles. The van der Waals surface area contributed by atoms with E-state index in [1.165, 1.54) is 0 Å². The van der Waals surface area contributed by atoms with Gasteiger partial charge in [-0.3, -0.25) is 0 Å².